The van der Waals surface area contributed by atoms with Crippen LogP contribution in [0.3, 0.4) is 0 Å². The zero-order chi connectivity index (χ0) is 22.2. The Balaban J connectivity index is 1.65. The van der Waals surface area contributed by atoms with Gasteiger partial charge in [-0.3, -0.25) is 9.67 Å². The second-order valence-corrected chi connectivity index (χ2v) is 9.91. The molecule has 0 atom stereocenters. The highest BCUT2D eigenvalue weighted by Gasteiger charge is 2.25. The molecule has 1 aliphatic carbocycles. The van der Waals surface area contributed by atoms with Gasteiger partial charge in [0.05, 0.1) is 40.5 Å². The summed E-state index contributed by atoms with van der Waals surface area (Å²) < 4.78 is 30.5. The molecule has 1 aliphatic rings. The average Bonchev–Trinajstić information content (AvgIpc) is 3.08. The van der Waals surface area contributed by atoms with Gasteiger partial charge in [0.15, 0.2) is 0 Å². The molecule has 0 bridgehead atoms. The van der Waals surface area contributed by atoms with Crippen LogP contribution in [0.4, 0.5) is 0 Å². The van der Waals surface area contributed by atoms with Crippen LogP contribution in [0.2, 0.25) is 0 Å². The summed E-state index contributed by atoms with van der Waals surface area (Å²) in [5.41, 5.74) is 4.67. The van der Waals surface area contributed by atoms with Crippen LogP contribution in [0, 0.1) is 13.8 Å². The molecule has 1 saturated carbocycles. The van der Waals surface area contributed by atoms with E-state index in [1.54, 1.807) is 35.3 Å². The Kier molecular flexibility index (Phi) is 5.92. The van der Waals surface area contributed by atoms with E-state index in [1.807, 2.05) is 27.1 Å². The van der Waals surface area contributed by atoms with Crippen molar-refractivity contribution in [2.24, 2.45) is 7.05 Å². The summed E-state index contributed by atoms with van der Waals surface area (Å²) in [5, 5.41) is 14.0. The van der Waals surface area contributed by atoms with Gasteiger partial charge in [-0.05, 0) is 57.2 Å². The van der Waals surface area contributed by atoms with E-state index < -0.39 is 10.0 Å². The maximum Gasteiger partial charge on any atom is 0.240 e. The molecule has 0 aliphatic heterocycles. The van der Waals surface area contributed by atoms with E-state index in [0.29, 0.717) is 37.1 Å². The number of sulfonamides is 1. The van der Waals surface area contributed by atoms with Gasteiger partial charge in [0.25, 0.3) is 0 Å². The molecule has 0 unspecified atom stereocenters. The monoisotopic (exact) mass is 441 g/mol. The lowest BCUT2D eigenvalue weighted by molar-refractivity contribution is 0.120. The predicted octanol–water partition coefficient (Wildman–Crippen LogP) is 2.74. The van der Waals surface area contributed by atoms with Gasteiger partial charge in [0, 0.05) is 30.4 Å². The number of aryl methyl sites for hydroxylation is 3. The summed E-state index contributed by atoms with van der Waals surface area (Å²) in [6, 6.07) is 4.90. The molecule has 0 spiro atoms. The third kappa shape index (κ3) is 4.68. The van der Waals surface area contributed by atoms with Crippen LogP contribution >= 0.6 is 0 Å². The van der Waals surface area contributed by atoms with Gasteiger partial charge >= 0.3 is 0 Å². The van der Waals surface area contributed by atoms with E-state index in [-0.39, 0.29) is 17.0 Å². The third-order valence-corrected chi connectivity index (χ3v) is 7.26. The normalized spacial score (nSPS) is 19.5. The minimum atomic E-state index is -3.68. The van der Waals surface area contributed by atoms with E-state index >= 15 is 0 Å². The number of aliphatic hydroxyl groups excluding tert-OH is 1. The lowest BCUT2D eigenvalue weighted by atomic mass is 9.94. The second-order valence-electron chi connectivity index (χ2n) is 8.19. The highest BCUT2D eigenvalue weighted by atomic mass is 32.2. The van der Waals surface area contributed by atoms with Crippen LogP contribution < -0.4 is 4.72 Å². The number of rotatable bonds is 5. The van der Waals surface area contributed by atoms with Crippen LogP contribution in [0.1, 0.15) is 36.9 Å². The Morgan fingerprint density at radius 2 is 1.74 bits per heavy atom. The summed E-state index contributed by atoms with van der Waals surface area (Å²) >= 11 is 0. The van der Waals surface area contributed by atoms with Gasteiger partial charge in [-0.2, -0.15) is 5.10 Å². The average molecular weight is 442 g/mol. The quantitative estimate of drug-likeness (QED) is 0.630. The lowest BCUT2D eigenvalue weighted by Crippen LogP contribution is -2.38. The highest BCUT2D eigenvalue weighted by Crippen LogP contribution is 2.28. The van der Waals surface area contributed by atoms with Gasteiger partial charge in [0.2, 0.25) is 10.0 Å². The van der Waals surface area contributed by atoms with Crippen molar-refractivity contribution >= 4 is 10.0 Å². The largest absolute Gasteiger partial charge is 0.393 e. The summed E-state index contributed by atoms with van der Waals surface area (Å²) in [6.45, 7) is 3.84. The zero-order valence-corrected chi connectivity index (χ0v) is 18.7. The van der Waals surface area contributed by atoms with Crippen LogP contribution in [-0.2, 0) is 17.1 Å². The zero-order valence-electron chi connectivity index (χ0n) is 17.9. The van der Waals surface area contributed by atoms with E-state index in [1.165, 1.54) is 0 Å². The molecule has 2 aromatic heterocycles. The van der Waals surface area contributed by atoms with E-state index in [4.69, 9.17) is 4.98 Å². The van der Waals surface area contributed by atoms with Crippen molar-refractivity contribution in [3.8, 4) is 22.5 Å². The van der Waals surface area contributed by atoms with E-state index in [0.717, 1.165) is 22.4 Å². The Morgan fingerprint density at radius 1 is 1.06 bits per heavy atom. The van der Waals surface area contributed by atoms with Crippen molar-refractivity contribution in [1.29, 1.82) is 0 Å². The first-order chi connectivity index (χ1) is 14.7. The van der Waals surface area contributed by atoms with Gasteiger partial charge in [-0.15, -0.1) is 0 Å². The summed E-state index contributed by atoms with van der Waals surface area (Å²) in [4.78, 5) is 9.27. The third-order valence-electron chi connectivity index (χ3n) is 5.74. The van der Waals surface area contributed by atoms with Crippen molar-refractivity contribution in [1.82, 2.24) is 24.5 Å². The first-order valence-electron chi connectivity index (χ1n) is 10.4. The number of nitrogens with one attached hydrogen (secondary N) is 1. The second kappa shape index (κ2) is 8.49. The standard InChI is InChI=1S/C22H27N5O3S/c1-14-4-9-18(31(29,30)26-16-5-7-17(28)8-6-16)10-19(14)21-11-23-12-22(24-21)20-13-27(3)25-15(20)2/h4,9-13,16-17,26,28H,5-8H2,1-3H3. The SMILES string of the molecule is Cc1ccc(S(=O)(=O)NC2CCC(O)CC2)cc1-c1cncc(-c2cn(C)nc2C)n1. The van der Waals surface area contributed by atoms with Crippen molar-refractivity contribution in [3.05, 3.63) is 48.0 Å². The number of nitrogens with zero attached hydrogens (tertiary/aromatic N) is 4. The Bertz CT molecular complexity index is 1200. The predicted molar refractivity (Wildman–Crippen MR) is 118 cm³/mol. The summed E-state index contributed by atoms with van der Waals surface area (Å²) in [6.07, 6.45) is 7.38. The smallest absolute Gasteiger partial charge is 0.240 e. The minimum Gasteiger partial charge on any atom is -0.393 e. The number of benzene rings is 1. The number of aliphatic hydroxyl groups is 1. The first-order valence-corrected chi connectivity index (χ1v) is 11.9. The molecule has 2 heterocycles. The Morgan fingerprint density at radius 3 is 2.39 bits per heavy atom. The van der Waals surface area contributed by atoms with Crippen LogP contribution in [-0.4, -0.2) is 45.4 Å². The Labute approximate surface area is 182 Å². The molecule has 0 amide bonds. The summed E-state index contributed by atoms with van der Waals surface area (Å²) in [7, 11) is -1.83. The van der Waals surface area contributed by atoms with Crippen molar-refractivity contribution in [2.45, 2.75) is 56.6 Å². The molecule has 0 saturated heterocycles. The maximum atomic E-state index is 13.0. The van der Waals surface area contributed by atoms with Gasteiger partial charge < -0.3 is 5.11 Å². The molecule has 31 heavy (non-hydrogen) atoms. The molecule has 3 aromatic rings. The number of aromatic nitrogens is 4. The van der Waals surface area contributed by atoms with E-state index in [2.05, 4.69) is 14.8 Å². The number of hydrogen-bond acceptors (Lipinski definition) is 6. The molecule has 8 nitrogen and oxygen atoms in total. The van der Waals surface area contributed by atoms with Gasteiger partial charge in [0.1, 0.15) is 0 Å². The van der Waals surface area contributed by atoms with Crippen LogP contribution in [0.25, 0.3) is 22.5 Å². The van der Waals surface area contributed by atoms with Crippen molar-refractivity contribution in [2.75, 3.05) is 0 Å². The van der Waals surface area contributed by atoms with Gasteiger partial charge in [-0.25, -0.2) is 18.1 Å². The molecule has 1 aromatic carbocycles. The molecular formula is C22H27N5O3S. The summed E-state index contributed by atoms with van der Waals surface area (Å²) in [5.74, 6) is 0. The maximum absolute atomic E-state index is 13.0. The van der Waals surface area contributed by atoms with Crippen LogP contribution in [0.5, 0.6) is 0 Å². The van der Waals surface area contributed by atoms with E-state index in [9.17, 15) is 13.5 Å². The topological polar surface area (TPSA) is 110 Å². The lowest BCUT2D eigenvalue weighted by Gasteiger charge is -2.26. The molecule has 4 rings (SSSR count). The molecule has 2 N–H and O–H groups in total. The van der Waals surface area contributed by atoms with Crippen molar-refractivity contribution in [3.63, 3.8) is 0 Å². The molecule has 164 valence electrons. The number of hydrogen-bond donors (Lipinski definition) is 2. The highest BCUT2D eigenvalue weighted by molar-refractivity contribution is 7.89. The molecule has 9 heteroatoms. The van der Waals surface area contributed by atoms with Gasteiger partial charge in [-0.1, -0.05) is 6.07 Å². The first kappa shape index (κ1) is 21.6. The van der Waals surface area contributed by atoms with Crippen LogP contribution in [0.15, 0.2) is 41.7 Å². The van der Waals surface area contributed by atoms with Crippen molar-refractivity contribution < 1.29 is 13.5 Å². The fraction of sp³-hybridized carbons (Fsp3) is 0.409. The fourth-order valence-electron chi connectivity index (χ4n) is 4.00. The fourth-order valence-corrected chi connectivity index (χ4v) is 5.33. The Hall–Kier alpha value is -2.62. The minimum absolute atomic E-state index is 0.158. The molecule has 1 fully saturated rings. The molecular weight excluding hydrogens is 414 g/mol. The molecule has 0 radical (unpaired) electrons.